The van der Waals surface area contributed by atoms with Crippen LogP contribution in [0.3, 0.4) is 0 Å². The van der Waals surface area contributed by atoms with Crippen molar-refractivity contribution in [3.63, 3.8) is 0 Å². The molecule has 0 aliphatic heterocycles. The first-order chi connectivity index (χ1) is 6.38. The highest BCUT2D eigenvalue weighted by Gasteiger charge is 2.01. The van der Waals surface area contributed by atoms with Crippen LogP contribution in [0.15, 0.2) is 23.6 Å². The molecule has 0 fully saturated rings. The van der Waals surface area contributed by atoms with E-state index < -0.39 is 21.5 Å². The van der Waals surface area contributed by atoms with Crippen molar-refractivity contribution in [1.29, 1.82) is 0 Å². The molecule has 0 radical (unpaired) electrons. The zero-order valence-electron chi connectivity index (χ0n) is 7.37. The highest BCUT2D eigenvalue weighted by molar-refractivity contribution is 7.93. The third kappa shape index (κ3) is 3.26. The second kappa shape index (κ2) is 3.88. The van der Waals surface area contributed by atoms with Crippen molar-refractivity contribution >= 4 is 15.9 Å². The first-order valence-electron chi connectivity index (χ1n) is 3.72. The maximum atomic E-state index is 12.9. The van der Waals surface area contributed by atoms with Crippen LogP contribution in [0.25, 0.3) is 6.08 Å². The standard InChI is InChI=1S/C9H8F2O2S/c1-14(12,13)5-4-7-2-3-8(10)6-9(7)11/h2-6H,1H3. The maximum absolute atomic E-state index is 12.9. The van der Waals surface area contributed by atoms with Crippen molar-refractivity contribution in [3.05, 3.63) is 40.8 Å². The molecular weight excluding hydrogens is 210 g/mol. The summed E-state index contributed by atoms with van der Waals surface area (Å²) in [5.74, 6) is -1.48. The summed E-state index contributed by atoms with van der Waals surface area (Å²) in [7, 11) is -3.29. The molecule has 0 aliphatic carbocycles. The Morgan fingerprint density at radius 3 is 2.43 bits per heavy atom. The van der Waals surface area contributed by atoms with E-state index in [4.69, 9.17) is 0 Å². The minimum absolute atomic E-state index is 0.0387. The monoisotopic (exact) mass is 218 g/mol. The van der Waals surface area contributed by atoms with Gasteiger partial charge in [-0.05, 0) is 18.2 Å². The van der Waals surface area contributed by atoms with Crippen molar-refractivity contribution < 1.29 is 17.2 Å². The summed E-state index contributed by atoms with van der Waals surface area (Å²) < 4.78 is 46.8. The predicted octanol–water partition coefficient (Wildman–Crippen LogP) is 1.98. The van der Waals surface area contributed by atoms with Gasteiger partial charge in [0.1, 0.15) is 11.6 Å². The van der Waals surface area contributed by atoms with Crippen LogP contribution in [0, 0.1) is 11.6 Å². The molecular formula is C9H8F2O2S. The number of sulfone groups is 1. The Hall–Kier alpha value is -1.23. The van der Waals surface area contributed by atoms with Crippen LogP contribution >= 0.6 is 0 Å². The highest BCUT2D eigenvalue weighted by atomic mass is 32.2. The van der Waals surface area contributed by atoms with Gasteiger partial charge in [-0.1, -0.05) is 0 Å². The van der Waals surface area contributed by atoms with E-state index in [1.165, 1.54) is 6.07 Å². The van der Waals surface area contributed by atoms with Gasteiger partial charge in [0.2, 0.25) is 0 Å². The average molecular weight is 218 g/mol. The molecule has 5 heteroatoms. The van der Waals surface area contributed by atoms with Crippen molar-refractivity contribution in [2.24, 2.45) is 0 Å². The predicted molar refractivity (Wildman–Crippen MR) is 50.2 cm³/mol. The molecule has 76 valence electrons. The minimum atomic E-state index is -3.29. The van der Waals surface area contributed by atoms with E-state index in [0.29, 0.717) is 6.07 Å². The third-order valence-electron chi connectivity index (χ3n) is 1.46. The normalized spacial score (nSPS) is 12.2. The van der Waals surface area contributed by atoms with Crippen LogP contribution in [0.2, 0.25) is 0 Å². The fraction of sp³-hybridized carbons (Fsp3) is 0.111. The molecule has 2 nitrogen and oxygen atoms in total. The van der Waals surface area contributed by atoms with E-state index in [9.17, 15) is 17.2 Å². The van der Waals surface area contributed by atoms with Gasteiger partial charge in [-0.25, -0.2) is 17.2 Å². The lowest BCUT2D eigenvalue weighted by molar-refractivity contribution is 0.581. The van der Waals surface area contributed by atoms with Crippen LogP contribution < -0.4 is 0 Å². The van der Waals surface area contributed by atoms with Crippen molar-refractivity contribution in [2.45, 2.75) is 0 Å². The lowest BCUT2D eigenvalue weighted by Gasteiger charge is -1.95. The van der Waals surface area contributed by atoms with E-state index in [1.807, 2.05) is 0 Å². The van der Waals surface area contributed by atoms with Gasteiger partial charge in [-0.2, -0.15) is 0 Å². The summed E-state index contributed by atoms with van der Waals surface area (Å²) in [4.78, 5) is 0. The van der Waals surface area contributed by atoms with E-state index in [2.05, 4.69) is 0 Å². The molecule has 0 amide bonds. The molecule has 1 rings (SSSR count). The Kier molecular flexibility index (Phi) is 3.00. The van der Waals surface area contributed by atoms with Crippen LogP contribution in [0.4, 0.5) is 8.78 Å². The quantitative estimate of drug-likeness (QED) is 0.760. The molecule has 0 N–H and O–H groups in total. The van der Waals surface area contributed by atoms with Crippen molar-refractivity contribution in [1.82, 2.24) is 0 Å². The molecule has 0 bridgehead atoms. The molecule has 0 saturated carbocycles. The molecule has 0 saturated heterocycles. The van der Waals surface area contributed by atoms with Crippen LogP contribution in [0.5, 0.6) is 0 Å². The van der Waals surface area contributed by atoms with Gasteiger partial charge in [0.25, 0.3) is 0 Å². The zero-order chi connectivity index (χ0) is 10.8. The number of benzene rings is 1. The van der Waals surface area contributed by atoms with Gasteiger partial charge in [0.15, 0.2) is 9.84 Å². The summed E-state index contributed by atoms with van der Waals surface area (Å²) in [6, 6.07) is 2.93. The van der Waals surface area contributed by atoms with Gasteiger partial charge < -0.3 is 0 Å². The fourth-order valence-electron chi connectivity index (χ4n) is 0.834. The second-order valence-corrected chi connectivity index (χ2v) is 4.73. The first-order valence-corrected chi connectivity index (χ1v) is 5.67. The van der Waals surface area contributed by atoms with E-state index >= 15 is 0 Å². The topological polar surface area (TPSA) is 34.1 Å². The smallest absolute Gasteiger partial charge is 0.168 e. The second-order valence-electron chi connectivity index (χ2n) is 2.80. The van der Waals surface area contributed by atoms with E-state index in [1.54, 1.807) is 0 Å². The van der Waals surface area contributed by atoms with E-state index in [-0.39, 0.29) is 5.56 Å². The molecule has 1 aromatic rings. The molecule has 0 spiro atoms. The van der Waals surface area contributed by atoms with Gasteiger partial charge in [-0.3, -0.25) is 0 Å². The number of halogens is 2. The van der Waals surface area contributed by atoms with Gasteiger partial charge in [0.05, 0.1) is 0 Å². The summed E-state index contributed by atoms with van der Waals surface area (Å²) >= 11 is 0. The first kappa shape index (κ1) is 10.8. The Labute approximate surface area is 80.8 Å². The van der Waals surface area contributed by atoms with Gasteiger partial charge in [-0.15, -0.1) is 0 Å². The van der Waals surface area contributed by atoms with Crippen LogP contribution in [-0.4, -0.2) is 14.7 Å². The molecule has 0 atom stereocenters. The molecule has 0 aromatic heterocycles. The Morgan fingerprint density at radius 1 is 1.29 bits per heavy atom. The van der Waals surface area contributed by atoms with Crippen LogP contribution in [0.1, 0.15) is 5.56 Å². The summed E-state index contributed by atoms with van der Waals surface area (Å²) in [6.45, 7) is 0. The number of hydrogen-bond acceptors (Lipinski definition) is 2. The highest BCUT2D eigenvalue weighted by Crippen LogP contribution is 2.11. The Morgan fingerprint density at radius 2 is 1.93 bits per heavy atom. The third-order valence-corrected chi connectivity index (χ3v) is 2.09. The number of hydrogen-bond donors (Lipinski definition) is 0. The molecule has 14 heavy (non-hydrogen) atoms. The average Bonchev–Trinajstić information content (AvgIpc) is 2.00. The molecule has 0 unspecified atom stereocenters. The molecule has 0 heterocycles. The summed E-state index contributed by atoms with van der Waals surface area (Å²) in [5, 5.41) is 0.864. The minimum Gasteiger partial charge on any atom is -0.225 e. The number of rotatable bonds is 2. The lowest BCUT2D eigenvalue weighted by atomic mass is 10.2. The lowest BCUT2D eigenvalue weighted by Crippen LogP contribution is -1.89. The van der Waals surface area contributed by atoms with Crippen LogP contribution in [-0.2, 0) is 9.84 Å². The molecule has 0 aliphatic rings. The van der Waals surface area contributed by atoms with Gasteiger partial charge >= 0.3 is 0 Å². The van der Waals surface area contributed by atoms with E-state index in [0.717, 1.165) is 23.8 Å². The zero-order valence-corrected chi connectivity index (χ0v) is 8.18. The van der Waals surface area contributed by atoms with Gasteiger partial charge in [0, 0.05) is 23.3 Å². The Bertz CT molecular complexity index is 464. The molecule has 1 aromatic carbocycles. The largest absolute Gasteiger partial charge is 0.225 e. The Balaban J connectivity index is 3.05. The maximum Gasteiger partial charge on any atom is 0.168 e. The van der Waals surface area contributed by atoms with Crippen molar-refractivity contribution in [2.75, 3.05) is 6.26 Å². The fourth-order valence-corrected chi connectivity index (χ4v) is 1.23. The summed E-state index contributed by atoms with van der Waals surface area (Å²) in [5.41, 5.74) is 0.0387. The summed E-state index contributed by atoms with van der Waals surface area (Å²) in [6.07, 6.45) is 2.08. The van der Waals surface area contributed by atoms with Crippen molar-refractivity contribution in [3.8, 4) is 0 Å². The SMILES string of the molecule is CS(=O)(=O)C=Cc1ccc(F)cc1F.